The molecule has 0 aliphatic heterocycles. The van der Waals surface area contributed by atoms with Crippen LogP contribution < -0.4 is 0 Å². The van der Waals surface area contributed by atoms with Gasteiger partial charge in [-0.05, 0) is 112 Å². The lowest BCUT2D eigenvalue weighted by molar-refractivity contribution is 1.61. The molecule has 0 heteroatoms. The van der Waals surface area contributed by atoms with Crippen molar-refractivity contribution in [3.05, 3.63) is 182 Å². The van der Waals surface area contributed by atoms with Crippen molar-refractivity contribution >= 4 is 43.1 Å². The van der Waals surface area contributed by atoms with E-state index in [2.05, 4.69) is 182 Å². The average Bonchev–Trinajstić information content (AvgIpc) is 3.13. The van der Waals surface area contributed by atoms with E-state index in [1.54, 1.807) is 0 Å². The number of hydrogen-bond acceptors (Lipinski definition) is 0. The van der Waals surface area contributed by atoms with Gasteiger partial charge in [0.05, 0.1) is 0 Å². The second kappa shape index (κ2) is 10.9. The molecule has 9 aromatic rings. The van der Waals surface area contributed by atoms with Crippen molar-refractivity contribution in [3.63, 3.8) is 0 Å². The highest BCUT2D eigenvalue weighted by molar-refractivity contribution is 6.21. The lowest BCUT2D eigenvalue weighted by Crippen LogP contribution is -1.91. The Morgan fingerprint density at radius 1 is 0.196 bits per heavy atom. The van der Waals surface area contributed by atoms with Crippen LogP contribution in [0.5, 0.6) is 0 Å². The maximum absolute atomic E-state index is 2.38. The van der Waals surface area contributed by atoms with Crippen LogP contribution in [0.2, 0.25) is 0 Å². The second-order valence-corrected chi connectivity index (χ2v) is 12.1. The van der Waals surface area contributed by atoms with Gasteiger partial charge < -0.3 is 0 Å². The molecule has 0 heterocycles. The van der Waals surface area contributed by atoms with Gasteiger partial charge in [0.1, 0.15) is 0 Å². The summed E-state index contributed by atoms with van der Waals surface area (Å²) in [6.45, 7) is 0. The molecule has 0 aliphatic carbocycles. The normalized spacial score (nSPS) is 11.5. The molecule has 0 nitrogen and oxygen atoms in total. The van der Waals surface area contributed by atoms with Gasteiger partial charge in [-0.3, -0.25) is 0 Å². The molecule has 0 unspecified atom stereocenters. The average molecular weight is 583 g/mol. The predicted molar refractivity (Wildman–Crippen MR) is 198 cm³/mol. The van der Waals surface area contributed by atoms with Gasteiger partial charge in [0.25, 0.3) is 0 Å². The van der Waals surface area contributed by atoms with Crippen molar-refractivity contribution in [2.24, 2.45) is 0 Å². The van der Waals surface area contributed by atoms with Gasteiger partial charge in [0, 0.05) is 0 Å². The maximum atomic E-state index is 2.38. The molecule has 0 aliphatic rings. The van der Waals surface area contributed by atoms with Crippen molar-refractivity contribution < 1.29 is 0 Å². The SMILES string of the molecule is c1ccc(-c2cccc(-c3c4ccccc4c(-c4ccc5ccc(-c6ccc7ccccc7c6)cc5c4)c4ccccc34)c2)cc1. The van der Waals surface area contributed by atoms with E-state index in [1.165, 1.54) is 87.6 Å². The van der Waals surface area contributed by atoms with Crippen LogP contribution in [0.1, 0.15) is 0 Å². The molecule has 0 saturated heterocycles. The highest BCUT2D eigenvalue weighted by atomic mass is 14.2. The van der Waals surface area contributed by atoms with Gasteiger partial charge >= 0.3 is 0 Å². The van der Waals surface area contributed by atoms with Gasteiger partial charge in [-0.2, -0.15) is 0 Å². The fourth-order valence-electron chi connectivity index (χ4n) is 7.19. The third-order valence-electron chi connectivity index (χ3n) is 9.40. The first-order chi connectivity index (χ1) is 22.8. The van der Waals surface area contributed by atoms with Crippen molar-refractivity contribution in [2.45, 2.75) is 0 Å². The van der Waals surface area contributed by atoms with Gasteiger partial charge in [-0.1, -0.05) is 158 Å². The van der Waals surface area contributed by atoms with Crippen molar-refractivity contribution in [3.8, 4) is 44.5 Å². The highest BCUT2D eigenvalue weighted by Crippen LogP contribution is 2.44. The highest BCUT2D eigenvalue weighted by Gasteiger charge is 2.17. The Bertz CT molecular complexity index is 2520. The standard InChI is InChI=1S/C46H30/c1-2-11-31(12-3-1)35-15-10-16-38(28-35)45-41-17-6-8-19-43(41)46(44-20-9-7-18-42(44)45)39-26-23-33-22-25-37(29-40(33)30-39)36-24-21-32-13-4-5-14-34(32)27-36/h1-30H. The number of rotatable bonds is 4. The summed E-state index contributed by atoms with van der Waals surface area (Å²) in [6.07, 6.45) is 0. The van der Waals surface area contributed by atoms with Crippen LogP contribution in [0.25, 0.3) is 87.6 Å². The zero-order chi connectivity index (χ0) is 30.5. The third kappa shape index (κ3) is 4.47. The van der Waals surface area contributed by atoms with Crippen molar-refractivity contribution in [1.82, 2.24) is 0 Å². The van der Waals surface area contributed by atoms with Crippen molar-refractivity contribution in [1.29, 1.82) is 0 Å². The Kier molecular flexibility index (Phi) is 6.25. The molecule has 0 atom stereocenters. The molecule has 0 amide bonds. The van der Waals surface area contributed by atoms with E-state index in [-0.39, 0.29) is 0 Å². The first-order valence-electron chi connectivity index (χ1n) is 15.9. The summed E-state index contributed by atoms with van der Waals surface area (Å²) in [6, 6.07) is 66.6. The Morgan fingerprint density at radius 2 is 0.587 bits per heavy atom. The van der Waals surface area contributed by atoms with Crippen LogP contribution >= 0.6 is 0 Å². The van der Waals surface area contributed by atoms with Gasteiger partial charge in [-0.15, -0.1) is 0 Å². The molecular formula is C46H30. The minimum Gasteiger partial charge on any atom is -0.0622 e. The number of benzene rings is 9. The van der Waals surface area contributed by atoms with Gasteiger partial charge in [-0.25, -0.2) is 0 Å². The van der Waals surface area contributed by atoms with Crippen LogP contribution in [-0.2, 0) is 0 Å². The lowest BCUT2D eigenvalue weighted by Gasteiger charge is -2.18. The van der Waals surface area contributed by atoms with E-state index in [1.807, 2.05) is 0 Å². The van der Waals surface area contributed by atoms with Crippen LogP contribution in [0.15, 0.2) is 182 Å². The van der Waals surface area contributed by atoms with E-state index in [0.29, 0.717) is 0 Å². The second-order valence-electron chi connectivity index (χ2n) is 12.1. The summed E-state index contributed by atoms with van der Waals surface area (Å²) in [7, 11) is 0. The first kappa shape index (κ1) is 26.4. The fourth-order valence-corrected chi connectivity index (χ4v) is 7.19. The topological polar surface area (TPSA) is 0 Å². The molecule has 0 aromatic heterocycles. The minimum absolute atomic E-state index is 1.23. The zero-order valence-corrected chi connectivity index (χ0v) is 25.3. The zero-order valence-electron chi connectivity index (χ0n) is 25.3. The first-order valence-corrected chi connectivity index (χ1v) is 15.9. The van der Waals surface area contributed by atoms with Crippen LogP contribution in [0.4, 0.5) is 0 Å². The molecule has 46 heavy (non-hydrogen) atoms. The smallest absolute Gasteiger partial charge is 0.00262 e. The largest absolute Gasteiger partial charge is 0.0622 e. The number of hydrogen-bond donors (Lipinski definition) is 0. The Morgan fingerprint density at radius 3 is 1.22 bits per heavy atom. The quantitative estimate of drug-likeness (QED) is 0.181. The van der Waals surface area contributed by atoms with Crippen LogP contribution in [0.3, 0.4) is 0 Å². The molecular weight excluding hydrogens is 553 g/mol. The Labute approximate surface area is 268 Å². The van der Waals surface area contributed by atoms with Gasteiger partial charge in [0.15, 0.2) is 0 Å². The molecule has 0 N–H and O–H groups in total. The monoisotopic (exact) mass is 582 g/mol. The number of fused-ring (bicyclic) bond motifs is 4. The van der Waals surface area contributed by atoms with E-state index < -0.39 is 0 Å². The summed E-state index contributed by atoms with van der Waals surface area (Å²) in [5.74, 6) is 0. The molecule has 214 valence electrons. The Hall–Kier alpha value is -5.98. The van der Waals surface area contributed by atoms with E-state index in [9.17, 15) is 0 Å². The molecule has 9 aromatic carbocycles. The minimum atomic E-state index is 1.23. The molecule has 0 spiro atoms. The summed E-state index contributed by atoms with van der Waals surface area (Å²) < 4.78 is 0. The molecule has 0 fully saturated rings. The summed E-state index contributed by atoms with van der Waals surface area (Å²) in [4.78, 5) is 0. The fraction of sp³-hybridized carbons (Fsp3) is 0. The maximum Gasteiger partial charge on any atom is -0.00262 e. The van der Waals surface area contributed by atoms with Crippen LogP contribution in [0, 0.1) is 0 Å². The summed E-state index contributed by atoms with van der Waals surface area (Å²) >= 11 is 0. The van der Waals surface area contributed by atoms with Crippen LogP contribution in [-0.4, -0.2) is 0 Å². The lowest BCUT2D eigenvalue weighted by atomic mass is 9.85. The van der Waals surface area contributed by atoms with E-state index in [0.717, 1.165) is 0 Å². The molecule has 0 saturated carbocycles. The molecule has 9 rings (SSSR count). The van der Waals surface area contributed by atoms with E-state index in [4.69, 9.17) is 0 Å². The third-order valence-corrected chi connectivity index (χ3v) is 9.40. The van der Waals surface area contributed by atoms with Gasteiger partial charge in [0.2, 0.25) is 0 Å². The molecule has 0 radical (unpaired) electrons. The predicted octanol–water partition coefficient (Wildman–Crippen LogP) is 13.0. The summed E-state index contributed by atoms with van der Waals surface area (Å²) in [5, 5.41) is 10.1. The van der Waals surface area contributed by atoms with E-state index >= 15 is 0 Å². The Balaban J connectivity index is 1.25. The van der Waals surface area contributed by atoms with Crippen molar-refractivity contribution in [2.75, 3.05) is 0 Å². The molecule has 0 bridgehead atoms. The summed E-state index contributed by atoms with van der Waals surface area (Å²) in [5.41, 5.74) is 9.97.